The number of hydrogen-bond acceptors (Lipinski definition) is 3. The third-order valence-electron chi connectivity index (χ3n) is 5.03. The van der Waals surface area contributed by atoms with Crippen molar-refractivity contribution in [2.45, 2.75) is 5.54 Å². The Bertz CT molecular complexity index is 968. The molecule has 146 valence electrons. The summed E-state index contributed by atoms with van der Waals surface area (Å²) < 4.78 is 0. The normalized spacial score (nSPS) is 15.3. The summed E-state index contributed by atoms with van der Waals surface area (Å²) >= 11 is 5.90. The van der Waals surface area contributed by atoms with Crippen molar-refractivity contribution in [3.8, 4) is 0 Å². The summed E-state index contributed by atoms with van der Waals surface area (Å²) in [4.78, 5) is 27.6. The zero-order valence-corrected chi connectivity index (χ0v) is 16.4. The van der Waals surface area contributed by atoms with Gasteiger partial charge in [-0.3, -0.25) is 9.69 Å². The lowest BCUT2D eigenvalue weighted by atomic mass is 9.82. The maximum absolute atomic E-state index is 13.5. The number of urea groups is 1. The van der Waals surface area contributed by atoms with Gasteiger partial charge in [-0.25, -0.2) is 4.79 Å². The third-order valence-corrected chi connectivity index (χ3v) is 5.28. The minimum Gasteiger partial charge on any atom is -0.383 e. The zero-order chi connectivity index (χ0) is 20.3. The molecule has 0 spiro atoms. The molecule has 0 unspecified atom stereocenters. The standard InChI is InChI=1S/C23H20ClN3O2/c24-19-11-13-20(14-12-19)25-15-16-27-21(28)23(26-22(27)29,17-7-3-1-4-8-17)18-9-5-2-6-10-18/h1-14,25H,15-16H2,(H,26,29). The summed E-state index contributed by atoms with van der Waals surface area (Å²) in [6.45, 7) is 0.676. The van der Waals surface area contributed by atoms with Crippen molar-refractivity contribution in [2.24, 2.45) is 0 Å². The number of carbonyl (C=O) groups is 2. The van der Waals surface area contributed by atoms with Gasteiger partial charge in [0.05, 0.1) is 0 Å². The molecule has 0 radical (unpaired) electrons. The van der Waals surface area contributed by atoms with Crippen LogP contribution in [0.1, 0.15) is 11.1 Å². The molecular weight excluding hydrogens is 386 g/mol. The summed E-state index contributed by atoms with van der Waals surface area (Å²) in [6.07, 6.45) is 0. The van der Waals surface area contributed by atoms with E-state index < -0.39 is 11.6 Å². The zero-order valence-electron chi connectivity index (χ0n) is 15.6. The van der Waals surface area contributed by atoms with Crippen molar-refractivity contribution in [2.75, 3.05) is 18.4 Å². The van der Waals surface area contributed by atoms with Crippen molar-refractivity contribution in [3.05, 3.63) is 101 Å². The number of amides is 3. The van der Waals surface area contributed by atoms with E-state index in [1.54, 1.807) is 12.1 Å². The molecule has 2 N–H and O–H groups in total. The van der Waals surface area contributed by atoms with Crippen molar-refractivity contribution < 1.29 is 9.59 Å². The molecule has 0 saturated carbocycles. The Balaban J connectivity index is 1.59. The molecule has 1 aliphatic heterocycles. The van der Waals surface area contributed by atoms with Crippen LogP contribution < -0.4 is 10.6 Å². The van der Waals surface area contributed by atoms with E-state index in [0.717, 1.165) is 16.8 Å². The number of anilines is 1. The van der Waals surface area contributed by atoms with Crippen LogP contribution in [0.4, 0.5) is 10.5 Å². The Labute approximate surface area is 174 Å². The number of halogens is 1. The highest BCUT2D eigenvalue weighted by molar-refractivity contribution is 6.30. The van der Waals surface area contributed by atoms with Crippen molar-refractivity contribution in [3.63, 3.8) is 0 Å². The van der Waals surface area contributed by atoms with Gasteiger partial charge in [0.1, 0.15) is 0 Å². The summed E-state index contributed by atoms with van der Waals surface area (Å²) in [5.41, 5.74) is 1.12. The lowest BCUT2D eigenvalue weighted by Crippen LogP contribution is -2.45. The molecule has 6 heteroatoms. The second-order valence-corrected chi connectivity index (χ2v) is 7.24. The lowest BCUT2D eigenvalue weighted by Gasteiger charge is -2.28. The van der Waals surface area contributed by atoms with E-state index >= 15 is 0 Å². The van der Waals surface area contributed by atoms with E-state index in [9.17, 15) is 9.59 Å². The van der Waals surface area contributed by atoms with Crippen LogP contribution in [-0.2, 0) is 10.3 Å². The molecule has 4 rings (SSSR count). The Morgan fingerprint density at radius 1 is 0.828 bits per heavy atom. The summed E-state index contributed by atoms with van der Waals surface area (Å²) in [5, 5.41) is 6.82. The monoisotopic (exact) mass is 405 g/mol. The van der Waals surface area contributed by atoms with E-state index in [-0.39, 0.29) is 12.5 Å². The van der Waals surface area contributed by atoms with Crippen LogP contribution in [0.15, 0.2) is 84.9 Å². The number of nitrogens with zero attached hydrogens (tertiary/aromatic N) is 1. The minimum atomic E-state index is -1.22. The molecule has 29 heavy (non-hydrogen) atoms. The van der Waals surface area contributed by atoms with Gasteiger partial charge < -0.3 is 10.6 Å². The highest BCUT2D eigenvalue weighted by atomic mass is 35.5. The van der Waals surface area contributed by atoms with Gasteiger partial charge in [0.2, 0.25) is 0 Å². The smallest absolute Gasteiger partial charge is 0.325 e. The molecule has 5 nitrogen and oxygen atoms in total. The van der Waals surface area contributed by atoms with Crippen LogP contribution in [0.5, 0.6) is 0 Å². The summed E-state index contributed by atoms with van der Waals surface area (Å²) in [5.74, 6) is -0.280. The Morgan fingerprint density at radius 3 is 1.93 bits per heavy atom. The SMILES string of the molecule is O=C1NC(c2ccccc2)(c2ccccc2)C(=O)N1CCNc1ccc(Cl)cc1. The van der Waals surface area contributed by atoms with Crippen LogP contribution >= 0.6 is 11.6 Å². The minimum absolute atomic E-state index is 0.245. The van der Waals surface area contributed by atoms with E-state index in [1.807, 2.05) is 72.8 Å². The fraction of sp³-hybridized carbons (Fsp3) is 0.130. The highest BCUT2D eigenvalue weighted by Gasteiger charge is 2.53. The topological polar surface area (TPSA) is 61.4 Å². The van der Waals surface area contributed by atoms with E-state index in [2.05, 4.69) is 10.6 Å². The number of nitrogens with one attached hydrogen (secondary N) is 2. The first-order chi connectivity index (χ1) is 14.1. The average molecular weight is 406 g/mol. The fourth-order valence-corrected chi connectivity index (χ4v) is 3.72. The second kappa shape index (κ2) is 7.97. The Hall–Kier alpha value is -3.31. The third kappa shape index (κ3) is 3.57. The second-order valence-electron chi connectivity index (χ2n) is 6.80. The Kier molecular flexibility index (Phi) is 5.23. The maximum atomic E-state index is 13.5. The van der Waals surface area contributed by atoms with Crippen molar-refractivity contribution >= 4 is 29.2 Å². The van der Waals surface area contributed by atoms with E-state index in [0.29, 0.717) is 11.6 Å². The number of hydrogen-bond donors (Lipinski definition) is 2. The van der Waals surface area contributed by atoms with Crippen molar-refractivity contribution in [1.29, 1.82) is 0 Å². The molecule has 3 amide bonds. The molecule has 1 fully saturated rings. The van der Waals surface area contributed by atoms with Crippen LogP contribution in [0.2, 0.25) is 5.02 Å². The van der Waals surface area contributed by atoms with Gasteiger partial charge in [0, 0.05) is 23.8 Å². The van der Waals surface area contributed by atoms with Gasteiger partial charge >= 0.3 is 6.03 Å². The number of carbonyl (C=O) groups excluding carboxylic acids is 2. The molecule has 0 atom stereocenters. The Morgan fingerprint density at radius 2 is 1.38 bits per heavy atom. The number of imide groups is 1. The predicted octanol–water partition coefficient (Wildman–Crippen LogP) is 4.25. The van der Waals surface area contributed by atoms with Gasteiger partial charge in [-0.05, 0) is 35.4 Å². The average Bonchev–Trinajstić information content (AvgIpc) is 3.02. The molecule has 0 aliphatic carbocycles. The van der Waals surface area contributed by atoms with Crippen LogP contribution in [0.25, 0.3) is 0 Å². The highest BCUT2D eigenvalue weighted by Crippen LogP contribution is 2.35. The largest absolute Gasteiger partial charge is 0.383 e. The first kappa shape index (κ1) is 19.0. The maximum Gasteiger partial charge on any atom is 0.325 e. The fourth-order valence-electron chi connectivity index (χ4n) is 3.59. The van der Waals surface area contributed by atoms with Gasteiger partial charge in [-0.2, -0.15) is 0 Å². The first-order valence-corrected chi connectivity index (χ1v) is 9.73. The lowest BCUT2D eigenvalue weighted by molar-refractivity contribution is -0.130. The number of benzene rings is 3. The van der Waals surface area contributed by atoms with Crippen LogP contribution in [0.3, 0.4) is 0 Å². The van der Waals surface area contributed by atoms with Gasteiger partial charge in [-0.15, -0.1) is 0 Å². The van der Waals surface area contributed by atoms with Gasteiger partial charge in [0.25, 0.3) is 5.91 Å². The number of rotatable bonds is 6. The van der Waals surface area contributed by atoms with Gasteiger partial charge in [0.15, 0.2) is 5.54 Å². The molecule has 1 heterocycles. The summed E-state index contributed by atoms with van der Waals surface area (Å²) in [7, 11) is 0. The molecule has 0 aromatic heterocycles. The molecule has 3 aromatic rings. The quantitative estimate of drug-likeness (QED) is 0.603. The molecule has 1 aliphatic rings. The van der Waals surface area contributed by atoms with Crippen molar-refractivity contribution in [1.82, 2.24) is 10.2 Å². The predicted molar refractivity (Wildman–Crippen MR) is 114 cm³/mol. The van der Waals surface area contributed by atoms with Crippen LogP contribution in [-0.4, -0.2) is 29.9 Å². The molecule has 3 aromatic carbocycles. The van der Waals surface area contributed by atoms with Gasteiger partial charge in [-0.1, -0.05) is 72.3 Å². The van der Waals surface area contributed by atoms with E-state index in [4.69, 9.17) is 11.6 Å². The molecule has 1 saturated heterocycles. The van der Waals surface area contributed by atoms with E-state index in [1.165, 1.54) is 4.90 Å². The first-order valence-electron chi connectivity index (χ1n) is 9.36. The van der Waals surface area contributed by atoms with Crippen LogP contribution in [0, 0.1) is 0 Å². The molecule has 0 bridgehead atoms. The summed E-state index contributed by atoms with van der Waals surface area (Å²) in [6, 6.07) is 25.6. The molecular formula is C23H20ClN3O2.